The van der Waals surface area contributed by atoms with Crippen LogP contribution in [0.15, 0.2) is 60.7 Å². The largest absolute Gasteiger partial charge is 0.493 e. The molecule has 0 spiro atoms. The van der Waals surface area contributed by atoms with Crippen molar-refractivity contribution in [3.63, 3.8) is 0 Å². The minimum Gasteiger partial charge on any atom is -0.493 e. The average Bonchev–Trinajstić information content (AvgIpc) is 2.97. The monoisotopic (exact) mass is 585 g/mol. The lowest BCUT2D eigenvalue weighted by molar-refractivity contribution is 0.0696. The van der Waals surface area contributed by atoms with Gasteiger partial charge in [0.25, 0.3) is 0 Å². The number of carboxylic acid groups (broad SMARTS) is 1. The zero-order valence-electron chi connectivity index (χ0n) is 24.0. The summed E-state index contributed by atoms with van der Waals surface area (Å²) >= 11 is 6.27. The van der Waals surface area contributed by atoms with Crippen molar-refractivity contribution in [3.8, 4) is 23.0 Å². The van der Waals surface area contributed by atoms with E-state index in [1.165, 1.54) is 6.07 Å². The van der Waals surface area contributed by atoms with Crippen molar-refractivity contribution in [1.29, 1.82) is 5.41 Å². The van der Waals surface area contributed by atoms with Gasteiger partial charge in [0.15, 0.2) is 11.5 Å². The number of carbonyl (C=O) groups is 1. The van der Waals surface area contributed by atoms with Crippen molar-refractivity contribution < 1.29 is 24.1 Å². The second kappa shape index (κ2) is 13.2. The van der Waals surface area contributed by atoms with Gasteiger partial charge in [-0.25, -0.2) is 9.78 Å². The Bertz CT molecular complexity index is 1640. The zero-order chi connectivity index (χ0) is 30.4. The molecule has 8 nitrogen and oxygen atoms in total. The second-order valence-electron chi connectivity index (χ2n) is 9.67. The molecule has 3 aromatic carbocycles. The summed E-state index contributed by atoms with van der Waals surface area (Å²) in [5.74, 6) is 1.72. The fourth-order valence-electron chi connectivity index (χ4n) is 4.43. The quantitative estimate of drug-likeness (QED) is 0.153. The Kier molecular flexibility index (Phi) is 9.49. The number of pyridine rings is 1. The molecule has 1 heterocycles. The Morgan fingerprint density at radius 1 is 0.952 bits per heavy atom. The van der Waals surface area contributed by atoms with Crippen LogP contribution in [0, 0.1) is 19.3 Å². The van der Waals surface area contributed by atoms with E-state index in [1.54, 1.807) is 39.4 Å². The maximum atomic E-state index is 12.2. The third-order valence-electron chi connectivity index (χ3n) is 6.53. The number of hydrogen-bond donors (Lipinski definition) is 3. The molecule has 0 unspecified atom stereocenters. The van der Waals surface area contributed by atoms with E-state index in [0.29, 0.717) is 41.1 Å². The Morgan fingerprint density at radius 3 is 2.21 bits per heavy atom. The molecule has 216 valence electrons. The number of aromatic carboxylic acids is 1. The van der Waals surface area contributed by atoms with Crippen molar-refractivity contribution in [2.75, 3.05) is 19.5 Å². The molecule has 3 N–H and O–H groups in total. The number of benzene rings is 3. The Hall–Kier alpha value is -4.82. The van der Waals surface area contributed by atoms with Gasteiger partial charge in [-0.3, -0.25) is 0 Å². The lowest BCUT2D eigenvalue weighted by Crippen LogP contribution is -2.14. The summed E-state index contributed by atoms with van der Waals surface area (Å²) in [6.07, 6.45) is 3.52. The van der Waals surface area contributed by atoms with Gasteiger partial charge in [-0.05, 0) is 91.6 Å². The molecule has 0 aliphatic carbocycles. The van der Waals surface area contributed by atoms with Crippen molar-refractivity contribution >= 4 is 41.3 Å². The summed E-state index contributed by atoms with van der Waals surface area (Å²) in [6.45, 7) is 5.77. The predicted octanol–water partition coefficient (Wildman–Crippen LogP) is 8.03. The number of nitrogens with one attached hydrogen (secondary N) is 2. The van der Waals surface area contributed by atoms with E-state index in [2.05, 4.69) is 10.3 Å². The molecule has 4 rings (SSSR count). The number of nitrogens with zero attached hydrogens (tertiary/aromatic N) is 1. The lowest BCUT2D eigenvalue weighted by atomic mass is 10.0. The highest BCUT2D eigenvalue weighted by molar-refractivity contribution is 6.32. The van der Waals surface area contributed by atoms with Crippen molar-refractivity contribution in [1.82, 2.24) is 4.98 Å². The van der Waals surface area contributed by atoms with Gasteiger partial charge in [0.2, 0.25) is 0 Å². The molecule has 0 amide bonds. The van der Waals surface area contributed by atoms with Crippen LogP contribution < -0.4 is 19.5 Å². The molecule has 0 fully saturated rings. The van der Waals surface area contributed by atoms with Crippen molar-refractivity contribution in [2.45, 2.75) is 27.3 Å². The number of halogens is 1. The van der Waals surface area contributed by atoms with Crippen LogP contribution in [0.25, 0.3) is 12.2 Å². The number of methoxy groups -OCH3 is 2. The fraction of sp³-hybridized carbons (Fsp3) is 0.182. The van der Waals surface area contributed by atoms with E-state index in [-0.39, 0.29) is 16.8 Å². The first-order valence-corrected chi connectivity index (χ1v) is 13.5. The van der Waals surface area contributed by atoms with E-state index < -0.39 is 5.97 Å². The van der Waals surface area contributed by atoms with Gasteiger partial charge in [0.05, 0.1) is 31.0 Å². The molecular weight excluding hydrogens is 554 g/mol. The van der Waals surface area contributed by atoms with Gasteiger partial charge in [-0.2, -0.15) is 0 Å². The van der Waals surface area contributed by atoms with Gasteiger partial charge < -0.3 is 30.0 Å². The van der Waals surface area contributed by atoms with Crippen LogP contribution >= 0.6 is 11.6 Å². The molecule has 42 heavy (non-hydrogen) atoms. The minimum absolute atomic E-state index is 0.00994. The van der Waals surface area contributed by atoms with E-state index in [4.69, 9.17) is 31.2 Å². The average molecular weight is 586 g/mol. The molecule has 9 heteroatoms. The molecule has 4 aromatic rings. The predicted molar refractivity (Wildman–Crippen MR) is 167 cm³/mol. The van der Waals surface area contributed by atoms with E-state index in [9.17, 15) is 9.90 Å². The molecule has 1 aromatic heterocycles. The number of aromatic nitrogens is 1. The third-order valence-corrected chi connectivity index (χ3v) is 7.12. The SMILES string of the molecule is COc1ccc(C=Cc2cc(C(=O)O)c(C(C)=N)c(NCc3ccc(Oc4cc(C)c(Cl)c(C)c4)cc3)n2)cc1OC. The maximum absolute atomic E-state index is 12.2. The Labute approximate surface area is 250 Å². The summed E-state index contributed by atoms with van der Waals surface area (Å²) < 4.78 is 16.7. The molecule has 0 saturated carbocycles. The first kappa shape index (κ1) is 30.1. The van der Waals surface area contributed by atoms with Crippen LogP contribution in [-0.4, -0.2) is 36.0 Å². The second-order valence-corrected chi connectivity index (χ2v) is 10.0. The number of anilines is 1. The number of ether oxygens (including phenoxy) is 3. The van der Waals surface area contributed by atoms with Crippen LogP contribution in [0.2, 0.25) is 5.02 Å². The highest BCUT2D eigenvalue weighted by Gasteiger charge is 2.19. The fourth-order valence-corrected chi connectivity index (χ4v) is 4.54. The standard InChI is InChI=1S/C33H32ClN3O5/c1-19-14-26(15-20(2)31(19)34)42-25-11-7-23(8-12-25)18-36-32-30(21(3)35)27(33(38)39)17-24(37-32)10-6-22-9-13-28(40-4)29(16-22)41-5/h6-17,35H,18H2,1-5H3,(H,36,37)(H,38,39). The van der Waals surface area contributed by atoms with E-state index in [1.807, 2.05) is 62.4 Å². The first-order chi connectivity index (χ1) is 20.1. The van der Waals surface area contributed by atoms with Gasteiger partial charge >= 0.3 is 5.97 Å². The lowest BCUT2D eigenvalue weighted by Gasteiger charge is -2.15. The van der Waals surface area contributed by atoms with E-state index >= 15 is 0 Å². The molecule has 0 atom stereocenters. The molecule has 0 radical (unpaired) electrons. The highest BCUT2D eigenvalue weighted by Crippen LogP contribution is 2.30. The van der Waals surface area contributed by atoms with Gasteiger partial charge in [0, 0.05) is 17.3 Å². The van der Waals surface area contributed by atoms with Crippen LogP contribution in [0.3, 0.4) is 0 Å². The first-order valence-electron chi connectivity index (χ1n) is 13.1. The number of aryl methyl sites for hydroxylation is 2. The maximum Gasteiger partial charge on any atom is 0.336 e. The van der Waals surface area contributed by atoms with Crippen molar-refractivity contribution in [3.05, 3.63) is 105 Å². The topological polar surface area (TPSA) is 114 Å². The van der Waals surface area contributed by atoms with Crippen molar-refractivity contribution in [2.24, 2.45) is 0 Å². The number of rotatable bonds is 11. The summed E-state index contributed by atoms with van der Waals surface area (Å²) in [4.78, 5) is 16.8. The molecule has 0 saturated heterocycles. The third kappa shape index (κ3) is 7.08. The summed E-state index contributed by atoms with van der Waals surface area (Å²) in [5, 5.41) is 22.1. The van der Waals surface area contributed by atoms with Crippen LogP contribution in [0.1, 0.15) is 50.8 Å². The van der Waals surface area contributed by atoms with Gasteiger partial charge in [-0.1, -0.05) is 35.9 Å². The van der Waals surface area contributed by atoms with E-state index in [0.717, 1.165) is 27.3 Å². The normalized spacial score (nSPS) is 10.9. The van der Waals surface area contributed by atoms with Crippen LogP contribution in [0.5, 0.6) is 23.0 Å². The van der Waals surface area contributed by atoms with Gasteiger partial charge in [0.1, 0.15) is 17.3 Å². The highest BCUT2D eigenvalue weighted by atomic mass is 35.5. The summed E-state index contributed by atoms with van der Waals surface area (Å²) in [6, 6.07) is 18.2. The smallest absolute Gasteiger partial charge is 0.336 e. The van der Waals surface area contributed by atoms with Crippen LogP contribution in [0.4, 0.5) is 5.82 Å². The molecule has 0 aliphatic rings. The molecular formula is C33H32ClN3O5. The summed E-state index contributed by atoms with van der Waals surface area (Å²) in [7, 11) is 3.13. The molecule has 0 bridgehead atoms. The Morgan fingerprint density at radius 2 is 1.62 bits per heavy atom. The number of carboxylic acids is 1. The minimum atomic E-state index is -1.14. The zero-order valence-corrected chi connectivity index (χ0v) is 24.8. The molecule has 0 aliphatic heterocycles. The van der Waals surface area contributed by atoms with Crippen LogP contribution in [-0.2, 0) is 6.54 Å². The summed E-state index contributed by atoms with van der Waals surface area (Å²) in [5.41, 5.74) is 4.37. The van der Waals surface area contributed by atoms with Gasteiger partial charge in [-0.15, -0.1) is 0 Å². The Balaban J connectivity index is 1.57. The number of hydrogen-bond acceptors (Lipinski definition) is 7.